The van der Waals surface area contributed by atoms with E-state index in [0.29, 0.717) is 21.6 Å². The summed E-state index contributed by atoms with van der Waals surface area (Å²) in [6, 6.07) is 13.0. The molecule has 0 aliphatic rings. The van der Waals surface area contributed by atoms with Gasteiger partial charge in [-0.25, -0.2) is 17.9 Å². The molecule has 1 N–H and O–H groups in total. The van der Waals surface area contributed by atoms with Crippen molar-refractivity contribution in [2.75, 3.05) is 0 Å². The fourth-order valence-electron chi connectivity index (χ4n) is 2.69. The molecule has 4 aromatic rings. The van der Waals surface area contributed by atoms with Crippen LogP contribution in [-0.2, 0) is 10.0 Å². The molecule has 2 aromatic heterocycles. The lowest BCUT2D eigenvalue weighted by molar-refractivity contribution is 0.415. The van der Waals surface area contributed by atoms with Gasteiger partial charge in [-0.2, -0.15) is 4.98 Å². The van der Waals surface area contributed by atoms with E-state index in [9.17, 15) is 13.2 Å². The molecule has 4 rings (SSSR count). The van der Waals surface area contributed by atoms with E-state index in [1.165, 1.54) is 30.3 Å². The molecule has 148 valence electrons. The van der Waals surface area contributed by atoms with Gasteiger partial charge in [0.05, 0.1) is 10.9 Å². The summed E-state index contributed by atoms with van der Waals surface area (Å²) in [4.78, 5) is 15.5. The highest BCUT2D eigenvalue weighted by Crippen LogP contribution is 2.23. The lowest BCUT2D eigenvalue weighted by atomic mass is 10.2. The molecule has 0 radical (unpaired) electrons. The van der Waals surface area contributed by atoms with E-state index in [1.807, 2.05) is 0 Å². The summed E-state index contributed by atoms with van der Waals surface area (Å²) in [5.41, 5.74) is 0.461. The minimum atomic E-state index is -3.88. The second-order valence-corrected chi connectivity index (χ2v) is 8.41. The summed E-state index contributed by atoms with van der Waals surface area (Å²) in [6.45, 7) is 1.61. The molecule has 10 heteroatoms. The van der Waals surface area contributed by atoms with Crippen LogP contribution in [0, 0.1) is 0 Å². The molecule has 0 bridgehead atoms. The predicted octanol–water partition coefficient (Wildman–Crippen LogP) is 3.54. The zero-order chi connectivity index (χ0) is 20.6. The first kappa shape index (κ1) is 19.3. The number of nitrogens with one attached hydrogen (secondary N) is 1. The number of halogens is 1. The molecular formula is C19H14ClN3O5S. The van der Waals surface area contributed by atoms with Crippen molar-refractivity contribution in [3.05, 3.63) is 75.9 Å². The number of rotatable bonds is 5. The Bertz CT molecular complexity index is 1350. The van der Waals surface area contributed by atoms with Crippen LogP contribution >= 0.6 is 11.6 Å². The molecular weight excluding hydrogens is 418 g/mol. The van der Waals surface area contributed by atoms with Crippen LogP contribution in [0.5, 0.6) is 0 Å². The molecule has 0 saturated carbocycles. The molecule has 0 aliphatic carbocycles. The van der Waals surface area contributed by atoms with Gasteiger partial charge in [0.15, 0.2) is 5.82 Å². The molecule has 0 fully saturated rings. The van der Waals surface area contributed by atoms with E-state index in [4.69, 9.17) is 20.5 Å². The maximum Gasteiger partial charge on any atom is 0.336 e. The number of nitrogens with zero attached hydrogens (tertiary/aromatic N) is 2. The average Bonchev–Trinajstić information content (AvgIpc) is 3.18. The Morgan fingerprint density at radius 3 is 2.59 bits per heavy atom. The van der Waals surface area contributed by atoms with Gasteiger partial charge in [0.1, 0.15) is 5.58 Å². The van der Waals surface area contributed by atoms with Gasteiger partial charge < -0.3 is 8.94 Å². The molecule has 0 amide bonds. The lowest BCUT2D eigenvalue weighted by Crippen LogP contribution is -2.27. The van der Waals surface area contributed by atoms with Gasteiger partial charge in [0.25, 0.3) is 5.89 Å². The maximum absolute atomic E-state index is 12.7. The van der Waals surface area contributed by atoms with Crippen LogP contribution in [0.3, 0.4) is 0 Å². The first-order valence-electron chi connectivity index (χ1n) is 8.48. The number of sulfonamides is 1. The minimum absolute atomic E-state index is 0.0205. The van der Waals surface area contributed by atoms with Crippen molar-refractivity contribution in [2.45, 2.75) is 17.9 Å². The minimum Gasteiger partial charge on any atom is -0.423 e. The first-order chi connectivity index (χ1) is 13.8. The summed E-state index contributed by atoms with van der Waals surface area (Å²) in [6.07, 6.45) is 0. The van der Waals surface area contributed by atoms with Crippen LogP contribution in [0.25, 0.3) is 22.4 Å². The topological polar surface area (TPSA) is 115 Å². The fourth-order valence-corrected chi connectivity index (χ4v) is 4.05. The Labute approximate surface area is 170 Å². The van der Waals surface area contributed by atoms with Gasteiger partial charge in [-0.1, -0.05) is 16.8 Å². The first-order valence-corrected chi connectivity index (χ1v) is 10.3. The van der Waals surface area contributed by atoms with Crippen molar-refractivity contribution in [3.8, 4) is 11.5 Å². The third-order valence-corrected chi connectivity index (χ3v) is 5.94. The van der Waals surface area contributed by atoms with E-state index in [-0.39, 0.29) is 16.6 Å². The number of aromatic nitrogens is 2. The molecule has 0 spiro atoms. The van der Waals surface area contributed by atoms with Crippen LogP contribution in [0.15, 0.2) is 73.2 Å². The second-order valence-electron chi connectivity index (χ2n) is 6.26. The van der Waals surface area contributed by atoms with Gasteiger partial charge in [0, 0.05) is 22.0 Å². The van der Waals surface area contributed by atoms with E-state index in [1.54, 1.807) is 31.2 Å². The monoisotopic (exact) mass is 431 g/mol. The maximum atomic E-state index is 12.7. The zero-order valence-electron chi connectivity index (χ0n) is 15.0. The number of benzene rings is 2. The Morgan fingerprint density at radius 2 is 1.83 bits per heavy atom. The van der Waals surface area contributed by atoms with Crippen LogP contribution < -0.4 is 10.3 Å². The van der Waals surface area contributed by atoms with Crippen molar-refractivity contribution in [2.24, 2.45) is 0 Å². The average molecular weight is 432 g/mol. The predicted molar refractivity (Wildman–Crippen MR) is 106 cm³/mol. The highest BCUT2D eigenvalue weighted by Gasteiger charge is 2.22. The molecule has 1 atom stereocenters. The Balaban J connectivity index is 1.57. The Morgan fingerprint density at radius 1 is 1.07 bits per heavy atom. The summed E-state index contributed by atoms with van der Waals surface area (Å²) < 4.78 is 38.2. The van der Waals surface area contributed by atoms with Gasteiger partial charge in [-0.15, -0.1) is 0 Å². The smallest absolute Gasteiger partial charge is 0.336 e. The second kappa shape index (κ2) is 7.43. The summed E-state index contributed by atoms with van der Waals surface area (Å²) >= 11 is 5.87. The van der Waals surface area contributed by atoms with Crippen LogP contribution in [0.1, 0.15) is 18.8 Å². The van der Waals surface area contributed by atoms with Crippen molar-refractivity contribution < 1.29 is 17.4 Å². The fraction of sp³-hybridized carbons (Fsp3) is 0.105. The third kappa shape index (κ3) is 4.07. The summed E-state index contributed by atoms with van der Waals surface area (Å²) in [5, 5.41) is 4.92. The summed E-state index contributed by atoms with van der Waals surface area (Å²) in [5.74, 6) is 0.439. The van der Waals surface area contributed by atoms with Crippen molar-refractivity contribution in [1.82, 2.24) is 14.9 Å². The molecule has 29 heavy (non-hydrogen) atoms. The largest absolute Gasteiger partial charge is 0.423 e. The van der Waals surface area contributed by atoms with Crippen molar-refractivity contribution in [1.29, 1.82) is 0 Å². The van der Waals surface area contributed by atoms with Crippen LogP contribution in [-0.4, -0.2) is 18.6 Å². The van der Waals surface area contributed by atoms with E-state index >= 15 is 0 Å². The molecule has 0 unspecified atom stereocenters. The van der Waals surface area contributed by atoms with Crippen LogP contribution in [0.2, 0.25) is 5.02 Å². The van der Waals surface area contributed by atoms with Gasteiger partial charge >= 0.3 is 5.63 Å². The highest BCUT2D eigenvalue weighted by atomic mass is 35.5. The Hall–Kier alpha value is -3.01. The molecule has 0 aliphatic heterocycles. The molecule has 2 heterocycles. The highest BCUT2D eigenvalue weighted by molar-refractivity contribution is 7.89. The quantitative estimate of drug-likeness (QED) is 0.480. The molecule has 2 aromatic carbocycles. The lowest BCUT2D eigenvalue weighted by Gasteiger charge is -2.11. The van der Waals surface area contributed by atoms with Crippen molar-refractivity contribution in [3.63, 3.8) is 0 Å². The summed E-state index contributed by atoms with van der Waals surface area (Å²) in [7, 11) is -3.88. The number of hydrogen-bond acceptors (Lipinski definition) is 7. The van der Waals surface area contributed by atoms with Gasteiger partial charge in [0.2, 0.25) is 10.0 Å². The standard InChI is InChI=1S/C19H14ClN3O5S/c1-11(18-21-19(28-22-18)12-2-5-14(20)6-3-12)23-29(25,26)15-7-8-16-13(10-15)4-9-17(24)27-16/h2-11,23H,1H3/t11-/m1/s1. The third-order valence-electron chi connectivity index (χ3n) is 4.15. The van der Waals surface area contributed by atoms with Gasteiger partial charge in [-0.3, -0.25) is 0 Å². The number of fused-ring (bicyclic) bond motifs is 1. The van der Waals surface area contributed by atoms with E-state index in [2.05, 4.69) is 14.9 Å². The van der Waals surface area contributed by atoms with Crippen molar-refractivity contribution >= 4 is 32.6 Å². The Kier molecular flexibility index (Phi) is 4.95. The molecule has 0 saturated heterocycles. The number of hydrogen-bond donors (Lipinski definition) is 1. The van der Waals surface area contributed by atoms with Crippen LogP contribution in [0.4, 0.5) is 0 Å². The zero-order valence-corrected chi connectivity index (χ0v) is 16.6. The SMILES string of the molecule is C[C@@H](NS(=O)(=O)c1ccc2oc(=O)ccc2c1)c1noc(-c2ccc(Cl)cc2)n1. The normalized spacial score (nSPS) is 12.9. The molecule has 8 nitrogen and oxygen atoms in total. The van der Waals surface area contributed by atoms with Gasteiger partial charge in [-0.05, 0) is 55.5 Å². The van der Waals surface area contributed by atoms with E-state index < -0.39 is 21.7 Å². The van der Waals surface area contributed by atoms with E-state index in [0.717, 1.165) is 0 Å².